The van der Waals surface area contributed by atoms with E-state index < -0.39 is 9.84 Å². The van der Waals surface area contributed by atoms with Crippen LogP contribution in [-0.2, 0) is 14.6 Å². The van der Waals surface area contributed by atoms with Crippen LogP contribution in [0.1, 0.15) is 6.42 Å². The Kier molecular flexibility index (Phi) is 6.05. The zero-order chi connectivity index (χ0) is 17.0. The Balaban J connectivity index is 1.97. The highest BCUT2D eigenvalue weighted by molar-refractivity contribution is 8.02. The van der Waals surface area contributed by atoms with Crippen LogP contribution in [-0.4, -0.2) is 51.1 Å². The van der Waals surface area contributed by atoms with Gasteiger partial charge in [-0.05, 0) is 6.42 Å². The molecule has 1 aliphatic rings. The second kappa shape index (κ2) is 7.63. The molecule has 1 heterocycles. The van der Waals surface area contributed by atoms with Crippen LogP contribution in [0, 0.1) is 0 Å². The van der Waals surface area contributed by atoms with Gasteiger partial charge in [-0.1, -0.05) is 11.6 Å². The summed E-state index contributed by atoms with van der Waals surface area (Å²) in [4.78, 5) is 12.1. The first-order chi connectivity index (χ1) is 10.8. The number of methoxy groups -OCH3 is 2. The molecule has 1 aromatic rings. The first-order valence-corrected chi connectivity index (χ1v) is 10.1. The van der Waals surface area contributed by atoms with Crippen LogP contribution in [0.3, 0.4) is 0 Å². The monoisotopic (exact) mass is 379 g/mol. The number of thioether (sulfide) groups is 1. The number of carbonyl (C=O) groups excluding carboxylic acids is 1. The van der Waals surface area contributed by atoms with Crippen molar-refractivity contribution >= 4 is 44.8 Å². The number of sulfone groups is 1. The average molecular weight is 380 g/mol. The van der Waals surface area contributed by atoms with Gasteiger partial charge >= 0.3 is 0 Å². The fraction of sp³-hybridized carbons (Fsp3) is 0.500. The summed E-state index contributed by atoms with van der Waals surface area (Å²) in [5.41, 5.74) is 0.457. The third-order valence-corrected chi connectivity index (χ3v) is 6.97. The molecule has 23 heavy (non-hydrogen) atoms. The topological polar surface area (TPSA) is 81.7 Å². The molecule has 0 radical (unpaired) electrons. The molecule has 0 aliphatic carbocycles. The SMILES string of the molecule is COc1cc(NC(=O)CS[C@@H]2CCS(=O)(=O)C2)c(OC)cc1Cl. The molecule has 1 aromatic carbocycles. The number of anilines is 1. The first kappa shape index (κ1) is 18.2. The van der Waals surface area contributed by atoms with Gasteiger partial charge in [0.1, 0.15) is 11.5 Å². The third-order valence-electron chi connectivity index (χ3n) is 3.39. The lowest BCUT2D eigenvalue weighted by molar-refractivity contribution is -0.113. The lowest BCUT2D eigenvalue weighted by atomic mass is 10.2. The predicted molar refractivity (Wildman–Crippen MR) is 92.7 cm³/mol. The Bertz CT molecular complexity index is 693. The highest BCUT2D eigenvalue weighted by atomic mass is 35.5. The van der Waals surface area contributed by atoms with Crippen molar-refractivity contribution in [2.45, 2.75) is 11.7 Å². The van der Waals surface area contributed by atoms with Crippen LogP contribution in [0.2, 0.25) is 5.02 Å². The summed E-state index contributed by atoms with van der Waals surface area (Å²) in [6.07, 6.45) is 0.596. The molecule has 1 atom stereocenters. The van der Waals surface area contributed by atoms with Gasteiger partial charge in [0.15, 0.2) is 9.84 Å². The highest BCUT2D eigenvalue weighted by Crippen LogP contribution is 2.36. The summed E-state index contributed by atoms with van der Waals surface area (Å²) in [5, 5.41) is 3.10. The molecule has 1 amide bonds. The van der Waals surface area contributed by atoms with Gasteiger partial charge in [-0.15, -0.1) is 11.8 Å². The van der Waals surface area contributed by atoms with Crippen LogP contribution in [0.5, 0.6) is 11.5 Å². The summed E-state index contributed by atoms with van der Waals surface area (Å²) in [6.45, 7) is 0. The Labute approximate surface area is 144 Å². The molecule has 9 heteroatoms. The lowest BCUT2D eigenvalue weighted by Gasteiger charge is -2.13. The van der Waals surface area contributed by atoms with Crippen molar-refractivity contribution in [1.82, 2.24) is 0 Å². The largest absolute Gasteiger partial charge is 0.495 e. The van der Waals surface area contributed by atoms with Gasteiger partial charge in [0.2, 0.25) is 5.91 Å². The van der Waals surface area contributed by atoms with Crippen molar-refractivity contribution in [3.63, 3.8) is 0 Å². The van der Waals surface area contributed by atoms with Gasteiger partial charge in [-0.3, -0.25) is 4.79 Å². The van der Waals surface area contributed by atoms with E-state index in [0.29, 0.717) is 28.6 Å². The molecular weight excluding hydrogens is 362 g/mol. The fourth-order valence-electron chi connectivity index (χ4n) is 2.23. The van der Waals surface area contributed by atoms with E-state index in [-0.39, 0.29) is 28.4 Å². The Hall–Kier alpha value is -1.12. The standard InChI is InChI=1S/C14H18ClNO5S2/c1-20-12-6-11(13(21-2)5-10(12)15)16-14(17)7-22-9-3-4-23(18,19)8-9/h5-6,9H,3-4,7-8H2,1-2H3,(H,16,17)/t9-/m1/s1. The Morgan fingerprint density at radius 2 is 2.04 bits per heavy atom. The van der Waals surface area contributed by atoms with E-state index in [1.807, 2.05) is 0 Å². The smallest absolute Gasteiger partial charge is 0.234 e. The van der Waals surface area contributed by atoms with Crippen molar-refractivity contribution in [1.29, 1.82) is 0 Å². The number of amides is 1. The van der Waals surface area contributed by atoms with Crippen LogP contribution < -0.4 is 14.8 Å². The summed E-state index contributed by atoms with van der Waals surface area (Å²) < 4.78 is 33.1. The maximum absolute atomic E-state index is 12.1. The Morgan fingerprint density at radius 1 is 1.35 bits per heavy atom. The molecular formula is C14H18ClNO5S2. The number of benzene rings is 1. The minimum atomic E-state index is -2.93. The maximum Gasteiger partial charge on any atom is 0.234 e. The van der Waals surface area contributed by atoms with Gasteiger partial charge in [0.05, 0.1) is 42.2 Å². The van der Waals surface area contributed by atoms with Crippen molar-refractivity contribution in [3.8, 4) is 11.5 Å². The van der Waals surface area contributed by atoms with E-state index in [1.54, 1.807) is 12.1 Å². The number of ether oxygens (including phenoxy) is 2. The van der Waals surface area contributed by atoms with Crippen molar-refractivity contribution in [2.24, 2.45) is 0 Å². The quantitative estimate of drug-likeness (QED) is 0.816. The van der Waals surface area contributed by atoms with Crippen LogP contribution in [0.4, 0.5) is 5.69 Å². The minimum absolute atomic E-state index is 0.0209. The number of carbonyl (C=O) groups is 1. The zero-order valence-corrected chi connectivity index (χ0v) is 15.2. The van der Waals surface area contributed by atoms with Gasteiger partial charge in [-0.2, -0.15) is 0 Å². The van der Waals surface area contributed by atoms with E-state index in [1.165, 1.54) is 26.0 Å². The number of halogens is 1. The molecule has 1 aliphatic heterocycles. The number of hydrogen-bond donors (Lipinski definition) is 1. The molecule has 1 N–H and O–H groups in total. The van der Waals surface area contributed by atoms with Gasteiger partial charge in [-0.25, -0.2) is 8.42 Å². The fourth-order valence-corrected chi connectivity index (χ4v) is 5.90. The molecule has 128 valence electrons. The second-order valence-electron chi connectivity index (χ2n) is 5.07. The van der Waals surface area contributed by atoms with Crippen molar-refractivity contribution < 1.29 is 22.7 Å². The molecule has 1 saturated heterocycles. The van der Waals surface area contributed by atoms with Crippen molar-refractivity contribution in [3.05, 3.63) is 17.2 Å². The molecule has 2 rings (SSSR count). The molecule has 0 saturated carbocycles. The maximum atomic E-state index is 12.1. The molecule has 0 spiro atoms. The van der Waals surface area contributed by atoms with Gasteiger partial charge in [0, 0.05) is 17.4 Å². The number of rotatable bonds is 6. The Morgan fingerprint density at radius 3 is 2.61 bits per heavy atom. The summed E-state index contributed by atoms with van der Waals surface area (Å²) >= 11 is 7.36. The zero-order valence-electron chi connectivity index (χ0n) is 12.8. The summed E-state index contributed by atoms with van der Waals surface area (Å²) in [7, 11) is 0.0295. The van der Waals surface area contributed by atoms with Crippen molar-refractivity contribution in [2.75, 3.05) is 36.8 Å². The highest BCUT2D eigenvalue weighted by Gasteiger charge is 2.28. The first-order valence-electron chi connectivity index (χ1n) is 6.88. The summed E-state index contributed by atoms with van der Waals surface area (Å²) in [5.74, 6) is 1.14. The average Bonchev–Trinajstić information content (AvgIpc) is 2.85. The third kappa shape index (κ3) is 4.92. The van der Waals surface area contributed by atoms with Crippen LogP contribution in [0.25, 0.3) is 0 Å². The van der Waals surface area contributed by atoms with Gasteiger partial charge in [0.25, 0.3) is 0 Å². The number of nitrogens with one attached hydrogen (secondary N) is 1. The minimum Gasteiger partial charge on any atom is -0.495 e. The number of hydrogen-bond acceptors (Lipinski definition) is 6. The van der Waals surface area contributed by atoms with E-state index in [4.69, 9.17) is 21.1 Å². The van der Waals surface area contributed by atoms with Crippen LogP contribution >= 0.6 is 23.4 Å². The molecule has 0 aromatic heterocycles. The molecule has 0 bridgehead atoms. The van der Waals surface area contributed by atoms with E-state index in [0.717, 1.165) is 0 Å². The van der Waals surface area contributed by atoms with Crippen LogP contribution in [0.15, 0.2) is 12.1 Å². The molecule has 1 fully saturated rings. The lowest BCUT2D eigenvalue weighted by Crippen LogP contribution is -2.17. The molecule has 6 nitrogen and oxygen atoms in total. The van der Waals surface area contributed by atoms with E-state index >= 15 is 0 Å². The van der Waals surface area contributed by atoms with Gasteiger partial charge < -0.3 is 14.8 Å². The second-order valence-corrected chi connectivity index (χ2v) is 9.00. The van der Waals surface area contributed by atoms with E-state index in [9.17, 15) is 13.2 Å². The normalized spacial score (nSPS) is 19.3. The molecule has 0 unspecified atom stereocenters. The predicted octanol–water partition coefficient (Wildman–Crippen LogP) is 2.22. The summed E-state index contributed by atoms with van der Waals surface area (Å²) in [6, 6.07) is 3.15. The van der Waals surface area contributed by atoms with E-state index in [2.05, 4.69) is 5.32 Å².